The van der Waals surface area contributed by atoms with Crippen molar-refractivity contribution in [2.24, 2.45) is 0 Å². The lowest BCUT2D eigenvalue weighted by Gasteiger charge is -2.28. The van der Waals surface area contributed by atoms with Crippen LogP contribution in [-0.4, -0.2) is 37.7 Å². The third kappa shape index (κ3) is 4.17. The van der Waals surface area contributed by atoms with Crippen LogP contribution in [0, 0.1) is 24.4 Å². The Balaban J connectivity index is 1.98. The van der Waals surface area contributed by atoms with E-state index in [0.29, 0.717) is 29.8 Å². The normalized spacial score (nSPS) is 13.0. The zero-order valence-electron chi connectivity index (χ0n) is 18.8. The first-order valence-corrected chi connectivity index (χ1v) is 11.1. The van der Waals surface area contributed by atoms with Crippen LogP contribution in [0.2, 0.25) is 5.02 Å². The molecule has 0 fully saturated rings. The summed E-state index contributed by atoms with van der Waals surface area (Å²) in [5.41, 5.74) is 1.14. The van der Waals surface area contributed by atoms with Crippen molar-refractivity contribution < 1.29 is 18.0 Å². The summed E-state index contributed by atoms with van der Waals surface area (Å²) in [6, 6.07) is 5.85. The smallest absolute Gasteiger partial charge is 0.334 e. The largest absolute Gasteiger partial charge is 0.384 e. The van der Waals surface area contributed by atoms with E-state index in [1.807, 2.05) is 0 Å². The molecule has 0 radical (unpaired) electrons. The number of likely N-dealkylation sites (N-methyl/N-ethyl adjacent to an activating group) is 1. The Morgan fingerprint density at radius 3 is 2.41 bits per heavy atom. The van der Waals surface area contributed by atoms with Crippen molar-refractivity contribution >= 4 is 40.5 Å². The van der Waals surface area contributed by atoms with Gasteiger partial charge in [-0.2, -0.15) is 0 Å². The van der Waals surface area contributed by atoms with Gasteiger partial charge in [0.25, 0.3) is 0 Å². The van der Waals surface area contributed by atoms with Gasteiger partial charge in [0, 0.05) is 41.5 Å². The number of amides is 2. The molecule has 0 saturated heterocycles. The molecule has 1 aromatic heterocycles. The lowest BCUT2D eigenvalue weighted by molar-refractivity contribution is 0.253. The van der Waals surface area contributed by atoms with Crippen LogP contribution in [0.3, 0.4) is 0 Å². The summed E-state index contributed by atoms with van der Waals surface area (Å²) >= 11 is 6.30. The topological polar surface area (TPSA) is 60.5 Å². The summed E-state index contributed by atoms with van der Waals surface area (Å²) in [7, 11) is 1.76. The number of halogens is 4. The molecular formula is C24H23ClF3N5O. The van der Waals surface area contributed by atoms with Crippen LogP contribution in [0.5, 0.6) is 0 Å². The number of hydrogen-bond acceptors (Lipinski definition) is 4. The van der Waals surface area contributed by atoms with Crippen LogP contribution in [0.4, 0.5) is 40.8 Å². The molecule has 0 saturated carbocycles. The maximum absolute atomic E-state index is 15.4. The van der Waals surface area contributed by atoms with Crippen molar-refractivity contribution in [3.8, 4) is 11.1 Å². The number of pyridine rings is 1. The van der Waals surface area contributed by atoms with Gasteiger partial charge < -0.3 is 10.6 Å². The number of nitrogens with one attached hydrogen (secondary N) is 2. The summed E-state index contributed by atoms with van der Waals surface area (Å²) in [4.78, 5) is 20.1. The van der Waals surface area contributed by atoms with Crippen molar-refractivity contribution in [2.75, 3.05) is 41.8 Å². The molecule has 0 bridgehead atoms. The fraction of sp³-hybridized carbons (Fsp3) is 0.250. The molecule has 0 unspecified atom stereocenters. The number of urea groups is 1. The SMILES string of the molecule is CCN1C(=O)N(c2c(F)cc(NCCNC)cc2F)c2cc(Cl)cc(C)c2-c2cc(F)cnc21. The van der Waals surface area contributed by atoms with Crippen molar-refractivity contribution in [2.45, 2.75) is 13.8 Å². The average Bonchev–Trinajstić information content (AvgIpc) is 2.86. The summed E-state index contributed by atoms with van der Waals surface area (Å²) in [6.07, 6.45) is 1.00. The van der Waals surface area contributed by atoms with Gasteiger partial charge in [0.05, 0.1) is 11.9 Å². The molecule has 1 aliphatic rings. The van der Waals surface area contributed by atoms with Crippen molar-refractivity contribution in [1.29, 1.82) is 0 Å². The fourth-order valence-corrected chi connectivity index (χ4v) is 4.38. The molecule has 2 amide bonds. The van der Waals surface area contributed by atoms with Crippen molar-refractivity contribution in [1.82, 2.24) is 10.3 Å². The molecule has 0 aliphatic carbocycles. The maximum Gasteiger partial charge on any atom is 0.334 e. The van der Waals surface area contributed by atoms with Crippen LogP contribution >= 0.6 is 11.6 Å². The van der Waals surface area contributed by atoms with Crippen molar-refractivity contribution in [3.63, 3.8) is 0 Å². The third-order valence-corrected chi connectivity index (χ3v) is 5.78. The minimum Gasteiger partial charge on any atom is -0.384 e. The predicted molar refractivity (Wildman–Crippen MR) is 129 cm³/mol. The van der Waals surface area contributed by atoms with Gasteiger partial charge in [-0.3, -0.25) is 9.80 Å². The number of fused-ring (bicyclic) bond motifs is 3. The fourth-order valence-electron chi connectivity index (χ4n) is 4.11. The first-order valence-electron chi connectivity index (χ1n) is 10.7. The van der Waals surface area contributed by atoms with Gasteiger partial charge in [-0.25, -0.2) is 22.9 Å². The quantitative estimate of drug-likeness (QED) is 0.426. The lowest BCUT2D eigenvalue weighted by atomic mass is 9.98. The van der Waals surface area contributed by atoms with Crippen molar-refractivity contribution in [3.05, 3.63) is 64.6 Å². The monoisotopic (exact) mass is 489 g/mol. The Kier molecular flexibility index (Phi) is 6.67. The van der Waals surface area contributed by atoms with Crippen LogP contribution in [0.1, 0.15) is 12.5 Å². The molecule has 2 heterocycles. The van der Waals surface area contributed by atoms with Crippen LogP contribution in [0.25, 0.3) is 11.1 Å². The Morgan fingerprint density at radius 2 is 1.76 bits per heavy atom. The van der Waals surface area contributed by atoms with E-state index in [9.17, 15) is 9.18 Å². The van der Waals surface area contributed by atoms with Gasteiger partial charge in [0.15, 0.2) is 11.6 Å². The highest BCUT2D eigenvalue weighted by Gasteiger charge is 2.37. The van der Waals surface area contributed by atoms with E-state index in [-0.39, 0.29) is 28.8 Å². The van der Waals surface area contributed by atoms with Crippen LogP contribution in [0.15, 0.2) is 36.5 Å². The maximum atomic E-state index is 15.4. The standard InChI is InChI=1S/C24H23ClF3N5O/c1-4-32-23-17(9-15(26)12-31-23)21-13(2)7-14(25)8-20(21)33(24(32)34)22-18(27)10-16(11-19(22)28)30-6-5-29-3/h7-12,29-30H,4-6H2,1-3H3. The Bertz CT molecular complexity index is 1250. The molecule has 2 aromatic carbocycles. The summed E-state index contributed by atoms with van der Waals surface area (Å²) in [6.45, 7) is 4.60. The summed E-state index contributed by atoms with van der Waals surface area (Å²) in [5.74, 6) is -2.30. The molecule has 10 heteroatoms. The Morgan fingerprint density at radius 1 is 1.06 bits per heavy atom. The van der Waals surface area contributed by atoms with Gasteiger partial charge in [-0.1, -0.05) is 11.6 Å². The molecule has 1 aliphatic heterocycles. The second-order valence-corrected chi connectivity index (χ2v) is 8.26. The molecule has 6 nitrogen and oxygen atoms in total. The second kappa shape index (κ2) is 9.52. The minimum atomic E-state index is -0.940. The zero-order chi connectivity index (χ0) is 24.6. The predicted octanol–water partition coefficient (Wildman–Crippen LogP) is 5.86. The van der Waals surface area contributed by atoms with Crippen LogP contribution < -0.4 is 20.4 Å². The van der Waals surface area contributed by atoms with Gasteiger partial charge >= 0.3 is 6.03 Å². The number of nitrogens with zero attached hydrogens (tertiary/aromatic N) is 3. The lowest BCUT2D eigenvalue weighted by Crippen LogP contribution is -2.41. The molecule has 0 spiro atoms. The number of benzene rings is 2. The Labute approximate surface area is 200 Å². The van der Waals surface area contributed by atoms with Gasteiger partial charge in [0.2, 0.25) is 0 Å². The van der Waals surface area contributed by atoms with E-state index < -0.39 is 29.2 Å². The van der Waals surface area contributed by atoms with E-state index in [1.165, 1.54) is 17.0 Å². The number of carbonyl (C=O) groups is 1. The van der Waals surface area contributed by atoms with E-state index in [4.69, 9.17) is 11.6 Å². The van der Waals surface area contributed by atoms with E-state index in [2.05, 4.69) is 15.6 Å². The summed E-state index contributed by atoms with van der Waals surface area (Å²) in [5, 5.41) is 6.12. The average molecular weight is 490 g/mol. The van der Waals surface area contributed by atoms with E-state index >= 15 is 8.78 Å². The molecule has 178 valence electrons. The zero-order valence-corrected chi connectivity index (χ0v) is 19.6. The molecule has 0 atom stereocenters. The number of rotatable bonds is 6. The number of anilines is 4. The molecule has 34 heavy (non-hydrogen) atoms. The second-order valence-electron chi connectivity index (χ2n) is 7.82. The van der Waals surface area contributed by atoms with E-state index in [0.717, 1.165) is 23.2 Å². The van der Waals surface area contributed by atoms with E-state index in [1.54, 1.807) is 27.0 Å². The molecular weight excluding hydrogens is 467 g/mol. The van der Waals surface area contributed by atoms with Gasteiger partial charge in [0.1, 0.15) is 17.3 Å². The highest BCUT2D eigenvalue weighted by molar-refractivity contribution is 6.31. The Hall–Kier alpha value is -3.30. The summed E-state index contributed by atoms with van der Waals surface area (Å²) < 4.78 is 45.1. The highest BCUT2D eigenvalue weighted by Crippen LogP contribution is 2.47. The third-order valence-electron chi connectivity index (χ3n) is 5.56. The molecule has 3 aromatic rings. The number of hydrogen-bond donors (Lipinski definition) is 2. The van der Waals surface area contributed by atoms with Crippen LogP contribution in [-0.2, 0) is 0 Å². The number of carbonyl (C=O) groups excluding carboxylic acids is 1. The molecule has 2 N–H and O–H groups in total. The van der Waals surface area contributed by atoms with Gasteiger partial charge in [-0.15, -0.1) is 0 Å². The minimum absolute atomic E-state index is 0.133. The number of aromatic nitrogens is 1. The van der Waals surface area contributed by atoms with Gasteiger partial charge in [-0.05, 0) is 56.8 Å². The first-order chi connectivity index (χ1) is 16.3. The first kappa shape index (κ1) is 23.8. The highest BCUT2D eigenvalue weighted by atomic mass is 35.5. The number of aryl methyl sites for hydroxylation is 1. The molecule has 4 rings (SSSR count).